The van der Waals surface area contributed by atoms with Crippen LogP contribution >= 0.6 is 0 Å². The van der Waals surface area contributed by atoms with Crippen LogP contribution in [0.25, 0.3) is 0 Å². The number of carbonyl (C=O) groups is 4. The Morgan fingerprint density at radius 2 is 1.25 bits per heavy atom. The van der Waals surface area contributed by atoms with E-state index in [0.717, 1.165) is 18.2 Å². The highest BCUT2D eigenvalue weighted by Crippen LogP contribution is 2.27. The van der Waals surface area contributed by atoms with Crippen molar-refractivity contribution in [1.29, 1.82) is 0 Å². The Labute approximate surface area is 158 Å². The van der Waals surface area contributed by atoms with Crippen LogP contribution < -0.4 is 4.74 Å². The minimum atomic E-state index is -1.46. The number of hydrogen-bond acceptors (Lipinski definition) is 6. The summed E-state index contributed by atoms with van der Waals surface area (Å²) in [5.41, 5.74) is -1.50. The van der Waals surface area contributed by atoms with E-state index in [1.54, 1.807) is 0 Å². The lowest BCUT2D eigenvalue weighted by Crippen LogP contribution is -2.12. The summed E-state index contributed by atoms with van der Waals surface area (Å²) in [4.78, 5) is 45.7. The van der Waals surface area contributed by atoms with Gasteiger partial charge in [-0.25, -0.2) is 19.2 Å². The Bertz CT molecular complexity index is 975. The number of aromatic carboxylic acids is 3. The van der Waals surface area contributed by atoms with Gasteiger partial charge in [0.15, 0.2) is 0 Å². The maximum absolute atomic E-state index is 11.9. The Morgan fingerprint density at radius 1 is 0.786 bits per heavy atom. The molecule has 3 N–H and O–H groups in total. The van der Waals surface area contributed by atoms with Gasteiger partial charge < -0.3 is 24.8 Å². The van der Waals surface area contributed by atoms with E-state index in [1.807, 2.05) is 0 Å². The molecule has 2 aromatic carbocycles. The Hall–Kier alpha value is -4.14. The summed E-state index contributed by atoms with van der Waals surface area (Å²) >= 11 is 0. The van der Waals surface area contributed by atoms with Gasteiger partial charge in [-0.15, -0.1) is 0 Å². The van der Waals surface area contributed by atoms with Crippen molar-refractivity contribution in [1.82, 2.24) is 0 Å². The zero-order chi connectivity index (χ0) is 20.8. The molecule has 9 heteroatoms. The monoisotopic (exact) mass is 386 g/mol. The lowest BCUT2D eigenvalue weighted by Gasteiger charge is -2.11. The molecule has 0 amide bonds. The summed E-state index contributed by atoms with van der Waals surface area (Å²) < 4.78 is 10.2. The molecule has 0 aliphatic carbocycles. The van der Waals surface area contributed by atoms with Gasteiger partial charge in [0.05, 0.1) is 22.3 Å². The molecule has 0 aliphatic heterocycles. The van der Waals surface area contributed by atoms with Gasteiger partial charge in [0.1, 0.15) is 18.1 Å². The quantitative estimate of drug-likeness (QED) is 0.460. The minimum absolute atomic E-state index is 0.00270. The van der Waals surface area contributed by atoms with Gasteiger partial charge in [-0.3, -0.25) is 0 Å². The Kier molecular flexibility index (Phi) is 6.12. The highest BCUT2D eigenvalue weighted by molar-refractivity contribution is 6.03. The van der Waals surface area contributed by atoms with E-state index in [9.17, 15) is 24.3 Å². The number of benzene rings is 2. The maximum atomic E-state index is 11.9. The molecule has 2 aromatic rings. The van der Waals surface area contributed by atoms with Crippen molar-refractivity contribution in [3.8, 4) is 11.5 Å². The van der Waals surface area contributed by atoms with Crippen molar-refractivity contribution in [3.63, 3.8) is 0 Å². The van der Waals surface area contributed by atoms with Crippen molar-refractivity contribution in [2.75, 3.05) is 6.61 Å². The summed E-state index contributed by atoms with van der Waals surface area (Å²) in [6.45, 7) is 3.30. The Balaban J connectivity index is 2.38. The second-order valence-corrected chi connectivity index (χ2v) is 5.32. The number of ether oxygens (including phenoxy) is 2. The van der Waals surface area contributed by atoms with Crippen molar-refractivity contribution >= 4 is 23.9 Å². The first-order valence-electron chi connectivity index (χ1n) is 7.68. The molecule has 0 aliphatic rings. The first-order chi connectivity index (χ1) is 13.2. The average Bonchev–Trinajstić information content (AvgIpc) is 2.65. The molecule has 28 heavy (non-hydrogen) atoms. The van der Waals surface area contributed by atoms with E-state index in [4.69, 9.17) is 19.7 Å². The van der Waals surface area contributed by atoms with Crippen LogP contribution in [-0.2, 0) is 4.74 Å². The maximum Gasteiger partial charge on any atom is 0.339 e. The van der Waals surface area contributed by atoms with Gasteiger partial charge in [0.25, 0.3) is 0 Å². The number of carboxylic acids is 3. The molecule has 0 unspecified atom stereocenters. The van der Waals surface area contributed by atoms with Gasteiger partial charge in [-0.05, 0) is 36.4 Å². The summed E-state index contributed by atoms with van der Waals surface area (Å²) in [5.74, 6) is -5.17. The molecule has 2 rings (SSSR count). The molecule has 0 saturated carbocycles. The fourth-order valence-corrected chi connectivity index (χ4v) is 2.24. The molecule has 0 bridgehead atoms. The number of rotatable bonds is 8. The SMILES string of the molecule is C=CCOC(=O)c1ccc(Oc2ccc(C(=O)O)c(C(=O)O)c2)cc1C(=O)O. The number of esters is 1. The van der Waals surface area contributed by atoms with Crippen LogP contribution in [0.3, 0.4) is 0 Å². The molecule has 0 atom stereocenters. The smallest absolute Gasteiger partial charge is 0.339 e. The van der Waals surface area contributed by atoms with Crippen molar-refractivity contribution in [2.24, 2.45) is 0 Å². The normalized spacial score (nSPS) is 10.0. The predicted molar refractivity (Wildman–Crippen MR) is 94.3 cm³/mol. The van der Waals surface area contributed by atoms with Gasteiger partial charge >= 0.3 is 23.9 Å². The highest BCUT2D eigenvalue weighted by atomic mass is 16.5. The van der Waals surface area contributed by atoms with Crippen LogP contribution in [0.2, 0.25) is 0 Å². The molecule has 0 saturated heterocycles. The largest absolute Gasteiger partial charge is 0.478 e. The average molecular weight is 386 g/mol. The van der Waals surface area contributed by atoms with Gasteiger partial charge in [-0.2, -0.15) is 0 Å². The van der Waals surface area contributed by atoms with Crippen LogP contribution in [0, 0.1) is 0 Å². The van der Waals surface area contributed by atoms with E-state index >= 15 is 0 Å². The fraction of sp³-hybridized carbons (Fsp3) is 0.0526. The third kappa shape index (κ3) is 4.52. The first-order valence-corrected chi connectivity index (χ1v) is 7.68. The Morgan fingerprint density at radius 3 is 1.71 bits per heavy atom. The van der Waals surface area contributed by atoms with Crippen LogP contribution in [0.4, 0.5) is 0 Å². The molecular formula is C19H14O9. The molecule has 0 aromatic heterocycles. The first kappa shape index (κ1) is 20.2. The topological polar surface area (TPSA) is 147 Å². The van der Waals surface area contributed by atoms with Crippen LogP contribution in [0.5, 0.6) is 11.5 Å². The van der Waals surface area contributed by atoms with Gasteiger partial charge in [0.2, 0.25) is 0 Å². The highest BCUT2D eigenvalue weighted by Gasteiger charge is 2.20. The van der Waals surface area contributed by atoms with Crippen LogP contribution in [-0.4, -0.2) is 45.8 Å². The number of carbonyl (C=O) groups excluding carboxylic acids is 1. The zero-order valence-electron chi connectivity index (χ0n) is 14.2. The number of carboxylic acid groups (broad SMARTS) is 3. The van der Waals surface area contributed by atoms with Crippen molar-refractivity contribution < 1.29 is 44.0 Å². The molecule has 9 nitrogen and oxygen atoms in total. The molecule has 0 heterocycles. The molecule has 0 fully saturated rings. The second kappa shape index (κ2) is 8.49. The van der Waals surface area contributed by atoms with Crippen LogP contribution in [0.1, 0.15) is 41.4 Å². The predicted octanol–water partition coefficient (Wildman–Crippen LogP) is 2.92. The van der Waals surface area contributed by atoms with E-state index in [0.29, 0.717) is 0 Å². The lowest BCUT2D eigenvalue weighted by atomic mass is 10.1. The second-order valence-electron chi connectivity index (χ2n) is 5.32. The molecule has 144 valence electrons. The third-order valence-corrected chi connectivity index (χ3v) is 3.46. The third-order valence-electron chi connectivity index (χ3n) is 3.46. The molecule has 0 spiro atoms. The van der Waals surface area contributed by atoms with Crippen molar-refractivity contribution in [2.45, 2.75) is 0 Å². The lowest BCUT2D eigenvalue weighted by molar-refractivity contribution is 0.0536. The summed E-state index contributed by atoms with van der Waals surface area (Å²) in [6, 6.07) is 6.83. The van der Waals surface area contributed by atoms with E-state index in [-0.39, 0.29) is 29.2 Å². The van der Waals surface area contributed by atoms with Crippen LogP contribution in [0.15, 0.2) is 49.1 Å². The molecular weight excluding hydrogens is 372 g/mol. The summed E-state index contributed by atoms with van der Waals surface area (Å²) in [5, 5.41) is 27.5. The van der Waals surface area contributed by atoms with E-state index in [1.165, 1.54) is 24.3 Å². The van der Waals surface area contributed by atoms with Crippen molar-refractivity contribution in [3.05, 3.63) is 71.3 Å². The minimum Gasteiger partial charge on any atom is -0.478 e. The van der Waals surface area contributed by atoms with Gasteiger partial charge in [0, 0.05) is 0 Å². The zero-order valence-corrected chi connectivity index (χ0v) is 14.2. The fourth-order valence-electron chi connectivity index (χ4n) is 2.24. The van der Waals surface area contributed by atoms with Gasteiger partial charge in [-0.1, -0.05) is 12.7 Å². The number of hydrogen-bond donors (Lipinski definition) is 3. The standard InChI is InChI=1S/C19H14O9/c1-2-7-27-19(26)13-6-4-11(9-15(13)18(24)25)28-10-3-5-12(16(20)21)14(8-10)17(22)23/h2-6,8-9H,1,7H2,(H,20,21)(H,22,23)(H,24,25). The van der Waals surface area contributed by atoms with E-state index < -0.39 is 35.0 Å². The molecule has 0 radical (unpaired) electrons. The van der Waals surface area contributed by atoms with E-state index in [2.05, 4.69) is 6.58 Å². The summed E-state index contributed by atoms with van der Waals surface area (Å²) in [6.07, 6.45) is 1.33. The summed E-state index contributed by atoms with van der Waals surface area (Å²) in [7, 11) is 0.